The Morgan fingerprint density at radius 2 is 2.33 bits per heavy atom. The highest BCUT2D eigenvalue weighted by molar-refractivity contribution is 5.82. The molecule has 6 heteroatoms. The number of fused-ring (bicyclic) bond motifs is 1. The predicted molar refractivity (Wildman–Crippen MR) is 68.5 cm³/mol. The molecule has 1 saturated heterocycles. The van der Waals surface area contributed by atoms with Gasteiger partial charge >= 0.3 is 0 Å². The molecule has 3 heterocycles. The summed E-state index contributed by atoms with van der Waals surface area (Å²) >= 11 is 0. The van der Waals surface area contributed by atoms with Crippen molar-refractivity contribution in [2.75, 3.05) is 24.6 Å². The van der Waals surface area contributed by atoms with Crippen LogP contribution in [0, 0.1) is 0 Å². The number of ether oxygens (including phenoxy) is 1. The number of rotatable bonds is 2. The van der Waals surface area contributed by atoms with E-state index in [1.807, 2.05) is 0 Å². The van der Waals surface area contributed by atoms with E-state index in [1.165, 1.54) is 0 Å². The molecule has 0 radical (unpaired) electrons. The lowest BCUT2D eigenvalue weighted by molar-refractivity contribution is -0.0442. The van der Waals surface area contributed by atoms with E-state index in [-0.39, 0.29) is 5.60 Å². The molecule has 18 heavy (non-hydrogen) atoms. The fourth-order valence-electron chi connectivity index (χ4n) is 2.32. The maximum absolute atomic E-state index is 5.85. The normalized spacial score (nSPS) is 24.7. The summed E-state index contributed by atoms with van der Waals surface area (Å²) in [4.78, 5) is 18.1. The Kier molecular flexibility index (Phi) is 2.66. The molecule has 1 N–H and O–H groups in total. The summed E-state index contributed by atoms with van der Waals surface area (Å²) in [7, 11) is 0. The maximum atomic E-state index is 5.85. The van der Waals surface area contributed by atoms with Crippen LogP contribution in [0.25, 0.3) is 11.2 Å². The number of H-pyrrole nitrogens is 1. The third-order valence-electron chi connectivity index (χ3n) is 3.59. The van der Waals surface area contributed by atoms with Gasteiger partial charge in [-0.2, -0.15) is 0 Å². The van der Waals surface area contributed by atoms with Crippen molar-refractivity contribution in [3.8, 4) is 0 Å². The quantitative estimate of drug-likeness (QED) is 0.867. The van der Waals surface area contributed by atoms with E-state index in [1.54, 1.807) is 12.7 Å². The average molecular weight is 247 g/mol. The molecule has 1 atom stereocenters. The van der Waals surface area contributed by atoms with E-state index in [0.29, 0.717) is 5.65 Å². The molecule has 6 nitrogen and oxygen atoms in total. The summed E-state index contributed by atoms with van der Waals surface area (Å²) in [6.07, 6.45) is 4.21. The zero-order chi connectivity index (χ0) is 12.6. The summed E-state index contributed by atoms with van der Waals surface area (Å²) in [6, 6.07) is 0. The second-order valence-electron chi connectivity index (χ2n) is 4.87. The van der Waals surface area contributed by atoms with Crippen LogP contribution in [0.3, 0.4) is 0 Å². The minimum atomic E-state index is -0.102. The first-order chi connectivity index (χ1) is 8.72. The first-order valence-electron chi connectivity index (χ1n) is 6.25. The van der Waals surface area contributed by atoms with Crippen molar-refractivity contribution in [1.29, 1.82) is 0 Å². The number of nitrogens with zero attached hydrogens (tertiary/aromatic N) is 4. The molecule has 96 valence electrons. The lowest BCUT2D eigenvalue weighted by Gasteiger charge is -2.40. The third-order valence-corrected chi connectivity index (χ3v) is 3.59. The Hall–Kier alpha value is -1.69. The van der Waals surface area contributed by atoms with Crippen molar-refractivity contribution in [3.63, 3.8) is 0 Å². The molecule has 0 aromatic carbocycles. The molecule has 2 aromatic rings. The van der Waals surface area contributed by atoms with Gasteiger partial charge in [-0.15, -0.1) is 0 Å². The smallest absolute Gasteiger partial charge is 0.182 e. The monoisotopic (exact) mass is 247 g/mol. The van der Waals surface area contributed by atoms with Gasteiger partial charge in [0, 0.05) is 13.1 Å². The molecule has 0 bridgehead atoms. The molecule has 3 rings (SSSR count). The van der Waals surface area contributed by atoms with E-state index < -0.39 is 0 Å². The highest BCUT2D eigenvalue weighted by Crippen LogP contribution is 2.27. The van der Waals surface area contributed by atoms with E-state index in [4.69, 9.17) is 4.74 Å². The van der Waals surface area contributed by atoms with Crippen molar-refractivity contribution >= 4 is 17.0 Å². The van der Waals surface area contributed by atoms with E-state index in [9.17, 15) is 0 Å². The maximum Gasteiger partial charge on any atom is 0.182 e. The van der Waals surface area contributed by atoms with E-state index in [2.05, 4.69) is 38.7 Å². The summed E-state index contributed by atoms with van der Waals surface area (Å²) in [5.41, 5.74) is 1.51. The van der Waals surface area contributed by atoms with Crippen LogP contribution in [0.4, 0.5) is 5.82 Å². The van der Waals surface area contributed by atoms with Gasteiger partial charge in [-0.05, 0) is 13.3 Å². The van der Waals surface area contributed by atoms with Gasteiger partial charge in [0.25, 0.3) is 0 Å². The van der Waals surface area contributed by atoms with Gasteiger partial charge in [0.2, 0.25) is 0 Å². The Balaban J connectivity index is 1.97. The molecule has 1 aliphatic rings. The van der Waals surface area contributed by atoms with E-state index in [0.717, 1.165) is 37.5 Å². The first-order valence-corrected chi connectivity index (χ1v) is 6.25. The van der Waals surface area contributed by atoms with Crippen molar-refractivity contribution in [2.45, 2.75) is 25.9 Å². The van der Waals surface area contributed by atoms with Gasteiger partial charge in [0.1, 0.15) is 11.8 Å². The van der Waals surface area contributed by atoms with Crippen molar-refractivity contribution in [2.24, 2.45) is 0 Å². The molecule has 1 fully saturated rings. The highest BCUT2D eigenvalue weighted by Gasteiger charge is 2.31. The number of hydrogen-bond acceptors (Lipinski definition) is 5. The second-order valence-corrected chi connectivity index (χ2v) is 4.87. The number of hydrogen-bond donors (Lipinski definition) is 1. The Morgan fingerprint density at radius 3 is 3.17 bits per heavy atom. The summed E-state index contributed by atoms with van der Waals surface area (Å²) in [5.74, 6) is 0.917. The topological polar surface area (TPSA) is 66.9 Å². The minimum absolute atomic E-state index is 0.102. The Morgan fingerprint density at radius 1 is 1.44 bits per heavy atom. The van der Waals surface area contributed by atoms with Gasteiger partial charge < -0.3 is 14.6 Å². The van der Waals surface area contributed by atoms with Crippen LogP contribution in [-0.4, -0.2) is 45.2 Å². The van der Waals surface area contributed by atoms with Gasteiger partial charge in [0.15, 0.2) is 11.5 Å². The Bertz CT molecular complexity index is 554. The van der Waals surface area contributed by atoms with Crippen molar-refractivity contribution in [3.05, 3.63) is 12.7 Å². The highest BCUT2D eigenvalue weighted by atomic mass is 16.5. The summed E-state index contributed by atoms with van der Waals surface area (Å²) < 4.78 is 5.85. The van der Waals surface area contributed by atoms with Crippen LogP contribution in [0.5, 0.6) is 0 Å². The van der Waals surface area contributed by atoms with Gasteiger partial charge in [-0.1, -0.05) is 6.92 Å². The van der Waals surface area contributed by atoms with Gasteiger partial charge in [-0.3, -0.25) is 0 Å². The van der Waals surface area contributed by atoms with Crippen LogP contribution in [0.1, 0.15) is 20.3 Å². The molecular weight excluding hydrogens is 230 g/mol. The minimum Gasteiger partial charge on any atom is -0.372 e. The Labute approximate surface area is 105 Å². The number of nitrogens with one attached hydrogen (secondary N) is 1. The van der Waals surface area contributed by atoms with Crippen LogP contribution in [0.15, 0.2) is 12.7 Å². The SMILES string of the molecule is CCC1(C)CN(c2ncnc3nc[nH]c23)CCO1. The van der Waals surface area contributed by atoms with Gasteiger partial charge in [-0.25, -0.2) is 15.0 Å². The number of anilines is 1. The molecule has 0 saturated carbocycles. The first kappa shape index (κ1) is 11.4. The molecule has 1 aliphatic heterocycles. The lowest BCUT2D eigenvalue weighted by atomic mass is 10.0. The molecule has 0 aliphatic carbocycles. The number of aromatic amines is 1. The van der Waals surface area contributed by atoms with Crippen LogP contribution >= 0.6 is 0 Å². The fourth-order valence-corrected chi connectivity index (χ4v) is 2.32. The fraction of sp³-hybridized carbons (Fsp3) is 0.583. The molecule has 0 amide bonds. The summed E-state index contributed by atoms with van der Waals surface area (Å²) in [6.45, 7) is 6.71. The van der Waals surface area contributed by atoms with Crippen molar-refractivity contribution < 1.29 is 4.74 Å². The zero-order valence-electron chi connectivity index (χ0n) is 10.7. The van der Waals surface area contributed by atoms with Crippen LogP contribution in [0.2, 0.25) is 0 Å². The second kappa shape index (κ2) is 4.20. The third kappa shape index (κ3) is 1.82. The largest absolute Gasteiger partial charge is 0.372 e. The number of aromatic nitrogens is 4. The molecular formula is C12H17N5O. The predicted octanol–water partition coefficient (Wildman–Crippen LogP) is 1.36. The van der Waals surface area contributed by atoms with Crippen LogP contribution < -0.4 is 4.90 Å². The van der Waals surface area contributed by atoms with Crippen molar-refractivity contribution in [1.82, 2.24) is 19.9 Å². The lowest BCUT2D eigenvalue weighted by Crippen LogP contribution is -2.50. The average Bonchev–Trinajstić information content (AvgIpc) is 2.87. The van der Waals surface area contributed by atoms with Gasteiger partial charge in [0.05, 0.1) is 18.5 Å². The molecule has 1 unspecified atom stereocenters. The van der Waals surface area contributed by atoms with E-state index >= 15 is 0 Å². The molecule has 2 aromatic heterocycles. The zero-order valence-corrected chi connectivity index (χ0v) is 10.7. The standard InChI is InChI=1S/C12H17N5O/c1-3-12(2)6-17(4-5-18-12)11-9-10(14-7-13-9)15-8-16-11/h7-8H,3-6H2,1-2H3,(H,13,14,15,16). The summed E-state index contributed by atoms with van der Waals surface area (Å²) in [5, 5.41) is 0. The van der Waals surface area contributed by atoms with Crippen LogP contribution in [-0.2, 0) is 4.74 Å². The molecule has 0 spiro atoms. The number of imidazole rings is 1. The number of morpholine rings is 1.